The van der Waals surface area contributed by atoms with Crippen LogP contribution in [0.5, 0.6) is 0 Å². The first kappa shape index (κ1) is 21.6. The van der Waals surface area contributed by atoms with Gasteiger partial charge in [0, 0.05) is 5.41 Å². The third kappa shape index (κ3) is 2.81. The third-order valence-corrected chi connectivity index (χ3v) is 8.99. The van der Waals surface area contributed by atoms with Crippen molar-refractivity contribution in [3.05, 3.63) is 132 Å². The maximum atomic E-state index is 2.45. The lowest BCUT2D eigenvalue weighted by Crippen LogP contribution is -2.15. The Kier molecular flexibility index (Phi) is 4.30. The molecule has 2 aliphatic carbocycles. The Morgan fingerprint density at radius 2 is 0.921 bits per heavy atom. The smallest absolute Gasteiger partial charge is 0.0159 e. The van der Waals surface area contributed by atoms with Gasteiger partial charge in [0.05, 0.1) is 0 Å². The van der Waals surface area contributed by atoms with Gasteiger partial charge in [-0.2, -0.15) is 0 Å². The summed E-state index contributed by atoms with van der Waals surface area (Å²) in [4.78, 5) is 0. The van der Waals surface area contributed by atoms with Crippen LogP contribution in [-0.4, -0.2) is 0 Å². The summed E-state index contributed by atoms with van der Waals surface area (Å²) in [6.45, 7) is 6.96. The van der Waals surface area contributed by atoms with E-state index in [1.165, 1.54) is 83.1 Å². The van der Waals surface area contributed by atoms with Crippen LogP contribution < -0.4 is 0 Å². The van der Waals surface area contributed by atoms with E-state index in [1.54, 1.807) is 0 Å². The Bertz CT molecular complexity index is 1920. The average Bonchev–Trinajstić information content (AvgIpc) is 3.39. The van der Waals surface area contributed by atoms with Crippen molar-refractivity contribution >= 4 is 10.8 Å². The van der Waals surface area contributed by atoms with E-state index >= 15 is 0 Å². The molecule has 0 atom stereocenters. The monoisotopic (exact) mass is 484 g/mol. The van der Waals surface area contributed by atoms with Crippen molar-refractivity contribution in [3.8, 4) is 55.6 Å². The van der Waals surface area contributed by atoms with Gasteiger partial charge >= 0.3 is 0 Å². The maximum absolute atomic E-state index is 2.45. The molecular weight excluding hydrogens is 456 g/mol. The summed E-state index contributed by atoms with van der Waals surface area (Å²) in [5.41, 5.74) is 17.4. The summed E-state index contributed by atoms with van der Waals surface area (Å²) in [6.07, 6.45) is 0. The standard InChI is InChI=1S/C38H28/c1-23-9-4-5-10-26(23)24-15-17-30-31-18-16-25(22-36(31)38(2,3)35(30)21-24)27-19-20-34-29-12-7-6-11-28(29)33-14-8-13-32(27)37(33)34/h4-22H,1-3H3. The van der Waals surface area contributed by atoms with Crippen molar-refractivity contribution in [1.82, 2.24) is 0 Å². The molecule has 0 spiro atoms. The molecule has 8 rings (SSSR count). The molecule has 0 radical (unpaired) electrons. The molecule has 180 valence electrons. The summed E-state index contributed by atoms with van der Waals surface area (Å²) in [5, 5.41) is 2.73. The fourth-order valence-electron chi connectivity index (χ4n) is 7.03. The Hall–Kier alpha value is -4.42. The molecule has 0 aromatic heterocycles. The second kappa shape index (κ2) is 7.55. The van der Waals surface area contributed by atoms with Crippen molar-refractivity contribution in [1.29, 1.82) is 0 Å². The van der Waals surface area contributed by atoms with Crippen molar-refractivity contribution < 1.29 is 0 Å². The average molecular weight is 485 g/mol. The minimum absolute atomic E-state index is 0.0650. The number of aryl methyl sites for hydroxylation is 1. The fourth-order valence-corrected chi connectivity index (χ4v) is 7.03. The van der Waals surface area contributed by atoms with E-state index in [0.717, 1.165) is 0 Å². The lowest BCUT2D eigenvalue weighted by atomic mass is 9.80. The Morgan fingerprint density at radius 3 is 1.58 bits per heavy atom. The summed E-state index contributed by atoms with van der Waals surface area (Å²) < 4.78 is 0. The molecule has 6 aromatic rings. The van der Waals surface area contributed by atoms with Gasteiger partial charge in [-0.1, -0.05) is 117 Å². The van der Waals surface area contributed by atoms with E-state index in [2.05, 4.69) is 136 Å². The van der Waals surface area contributed by atoms with Crippen molar-refractivity contribution in [2.45, 2.75) is 26.2 Å². The second-order valence-electron chi connectivity index (χ2n) is 11.4. The molecule has 0 saturated heterocycles. The first-order valence-corrected chi connectivity index (χ1v) is 13.5. The van der Waals surface area contributed by atoms with Crippen LogP contribution in [0.4, 0.5) is 0 Å². The van der Waals surface area contributed by atoms with Gasteiger partial charge in [-0.3, -0.25) is 0 Å². The van der Waals surface area contributed by atoms with Gasteiger partial charge in [-0.25, -0.2) is 0 Å². The molecule has 0 fully saturated rings. The van der Waals surface area contributed by atoms with Gasteiger partial charge < -0.3 is 0 Å². The van der Waals surface area contributed by atoms with Crippen molar-refractivity contribution in [3.63, 3.8) is 0 Å². The maximum Gasteiger partial charge on any atom is 0.0159 e. The summed E-state index contributed by atoms with van der Waals surface area (Å²) in [6, 6.07) is 43.1. The van der Waals surface area contributed by atoms with Gasteiger partial charge in [0.15, 0.2) is 0 Å². The molecule has 0 N–H and O–H groups in total. The molecule has 38 heavy (non-hydrogen) atoms. The van der Waals surface area contributed by atoms with Gasteiger partial charge in [-0.15, -0.1) is 0 Å². The highest BCUT2D eigenvalue weighted by Crippen LogP contribution is 2.52. The summed E-state index contributed by atoms with van der Waals surface area (Å²) >= 11 is 0. The van der Waals surface area contributed by atoms with E-state index in [1.807, 2.05) is 0 Å². The van der Waals surface area contributed by atoms with Crippen LogP contribution in [0.2, 0.25) is 0 Å². The van der Waals surface area contributed by atoms with Gasteiger partial charge in [-0.05, 0) is 102 Å². The molecule has 0 aliphatic heterocycles. The lowest BCUT2D eigenvalue weighted by Gasteiger charge is -2.23. The molecule has 0 bridgehead atoms. The largest absolute Gasteiger partial charge is 0.0620 e. The number of fused-ring (bicyclic) bond motifs is 6. The normalized spacial score (nSPS) is 13.9. The zero-order valence-corrected chi connectivity index (χ0v) is 22.0. The second-order valence-corrected chi connectivity index (χ2v) is 11.4. The zero-order chi connectivity index (χ0) is 25.6. The molecule has 6 aromatic carbocycles. The molecule has 0 unspecified atom stereocenters. The lowest BCUT2D eigenvalue weighted by molar-refractivity contribution is 0.661. The summed E-state index contributed by atoms with van der Waals surface area (Å²) in [5.74, 6) is 0. The number of benzene rings is 6. The van der Waals surface area contributed by atoms with Crippen LogP contribution in [0, 0.1) is 6.92 Å². The molecule has 0 amide bonds. The summed E-state index contributed by atoms with van der Waals surface area (Å²) in [7, 11) is 0. The molecule has 0 saturated carbocycles. The minimum atomic E-state index is -0.0650. The third-order valence-electron chi connectivity index (χ3n) is 8.99. The van der Waals surface area contributed by atoms with E-state index in [4.69, 9.17) is 0 Å². The topological polar surface area (TPSA) is 0 Å². The highest BCUT2D eigenvalue weighted by Gasteiger charge is 2.36. The van der Waals surface area contributed by atoms with Crippen LogP contribution >= 0.6 is 0 Å². The van der Waals surface area contributed by atoms with Gasteiger partial charge in [0.1, 0.15) is 0 Å². The van der Waals surface area contributed by atoms with Crippen LogP contribution in [0.1, 0.15) is 30.5 Å². The molecule has 0 heteroatoms. The quantitative estimate of drug-likeness (QED) is 0.229. The first-order chi connectivity index (χ1) is 18.5. The Morgan fingerprint density at radius 1 is 0.421 bits per heavy atom. The van der Waals surface area contributed by atoms with Crippen LogP contribution in [0.15, 0.2) is 115 Å². The molecular formula is C38H28. The number of rotatable bonds is 2. The van der Waals surface area contributed by atoms with Crippen molar-refractivity contribution in [2.75, 3.05) is 0 Å². The fraction of sp³-hybridized carbons (Fsp3) is 0.105. The number of hydrogen-bond donors (Lipinski definition) is 0. The molecule has 0 nitrogen and oxygen atoms in total. The van der Waals surface area contributed by atoms with Gasteiger partial charge in [0.2, 0.25) is 0 Å². The van der Waals surface area contributed by atoms with E-state index in [0.29, 0.717) is 0 Å². The van der Waals surface area contributed by atoms with E-state index in [-0.39, 0.29) is 5.41 Å². The highest BCUT2D eigenvalue weighted by molar-refractivity contribution is 6.18. The predicted molar refractivity (Wildman–Crippen MR) is 162 cm³/mol. The van der Waals surface area contributed by atoms with E-state index in [9.17, 15) is 0 Å². The van der Waals surface area contributed by atoms with Crippen LogP contribution in [0.25, 0.3) is 66.4 Å². The Balaban J connectivity index is 1.29. The SMILES string of the molecule is Cc1ccccc1-c1ccc2c(c1)C(C)(C)c1cc(-c3ccc4c5c(cccc35)-c3ccccc3-4)ccc1-2. The Labute approximate surface area is 224 Å². The van der Waals surface area contributed by atoms with Crippen molar-refractivity contribution in [2.24, 2.45) is 0 Å². The first-order valence-electron chi connectivity index (χ1n) is 13.5. The number of hydrogen-bond acceptors (Lipinski definition) is 0. The zero-order valence-electron chi connectivity index (χ0n) is 22.0. The predicted octanol–water partition coefficient (Wildman–Crippen LogP) is 10.4. The van der Waals surface area contributed by atoms with E-state index < -0.39 is 0 Å². The minimum Gasteiger partial charge on any atom is -0.0620 e. The molecule has 2 aliphatic rings. The molecule has 0 heterocycles. The highest BCUT2D eigenvalue weighted by atomic mass is 14.4. The van der Waals surface area contributed by atoms with Crippen LogP contribution in [0.3, 0.4) is 0 Å². The van der Waals surface area contributed by atoms with Crippen LogP contribution in [-0.2, 0) is 5.41 Å². The van der Waals surface area contributed by atoms with Gasteiger partial charge in [0.25, 0.3) is 0 Å².